The number of hydrogen-bond acceptors (Lipinski definition) is 6. The van der Waals surface area contributed by atoms with Crippen molar-refractivity contribution < 1.29 is 0 Å². The number of rotatable bonds is 5. The molecule has 1 N–H and O–H groups in total. The van der Waals surface area contributed by atoms with E-state index in [0.29, 0.717) is 6.54 Å². The van der Waals surface area contributed by atoms with Gasteiger partial charge in [-0.3, -0.25) is 0 Å². The Labute approximate surface area is 152 Å². The minimum atomic E-state index is 0.707. The Morgan fingerprint density at radius 1 is 1.04 bits per heavy atom. The van der Waals surface area contributed by atoms with Crippen molar-refractivity contribution in [1.29, 1.82) is 0 Å². The molecule has 3 heterocycles. The molecule has 7 nitrogen and oxygen atoms in total. The molecule has 26 heavy (non-hydrogen) atoms. The monoisotopic (exact) mass is 347 g/mol. The smallest absolute Gasteiger partial charge is 0.164 e. The quantitative estimate of drug-likeness (QED) is 0.765. The summed E-state index contributed by atoms with van der Waals surface area (Å²) >= 11 is 0. The Bertz CT molecular complexity index is 901. The topological polar surface area (TPSA) is 71.8 Å². The fourth-order valence-corrected chi connectivity index (χ4v) is 3.34. The molecule has 3 aromatic rings. The molecule has 2 aromatic heterocycles. The fourth-order valence-electron chi connectivity index (χ4n) is 3.34. The molecule has 0 saturated heterocycles. The van der Waals surface area contributed by atoms with Crippen LogP contribution in [0.2, 0.25) is 0 Å². The first-order valence-corrected chi connectivity index (χ1v) is 9.15. The summed E-state index contributed by atoms with van der Waals surface area (Å²) < 4.78 is 2.21. The normalized spacial score (nSPS) is 16.4. The van der Waals surface area contributed by atoms with Crippen molar-refractivity contribution in [2.24, 2.45) is 5.92 Å². The highest BCUT2D eigenvalue weighted by atomic mass is 15.3. The second kappa shape index (κ2) is 6.40. The molecule has 1 aliphatic carbocycles. The van der Waals surface area contributed by atoms with Gasteiger partial charge in [0.1, 0.15) is 18.0 Å². The molecule has 2 aliphatic rings. The van der Waals surface area contributed by atoms with Crippen molar-refractivity contribution >= 4 is 11.6 Å². The third-order valence-corrected chi connectivity index (χ3v) is 5.03. The Kier molecular flexibility index (Phi) is 3.77. The van der Waals surface area contributed by atoms with Gasteiger partial charge in [0.25, 0.3) is 0 Å². The number of hydrogen-bond donors (Lipinski definition) is 1. The first-order valence-electron chi connectivity index (χ1n) is 9.15. The molecule has 1 aromatic carbocycles. The van der Waals surface area contributed by atoms with Gasteiger partial charge in [0.2, 0.25) is 0 Å². The Balaban J connectivity index is 1.34. The second-order valence-corrected chi connectivity index (χ2v) is 6.96. The summed E-state index contributed by atoms with van der Waals surface area (Å²) in [5.74, 6) is 4.57. The molecule has 1 saturated carbocycles. The van der Waals surface area contributed by atoms with E-state index in [0.717, 1.165) is 54.4 Å². The minimum Gasteiger partial charge on any atom is -0.370 e. The zero-order valence-corrected chi connectivity index (χ0v) is 14.5. The molecular weight excluding hydrogens is 326 g/mol. The van der Waals surface area contributed by atoms with Gasteiger partial charge in [-0.1, -0.05) is 30.3 Å². The van der Waals surface area contributed by atoms with Gasteiger partial charge in [-0.05, 0) is 18.8 Å². The summed E-state index contributed by atoms with van der Waals surface area (Å²) in [6, 6.07) is 12.3. The standard InChI is InChI=1S/C19H21N7/c1-2-4-15(5-3-1)19-24-23-18-12-25(8-9-26(18)19)17-10-16(21-13-22-17)20-11-14-6-7-14/h1-5,10,13-14H,6-9,11-12H2,(H,20,21,22). The van der Waals surface area contributed by atoms with Crippen LogP contribution in [-0.4, -0.2) is 37.8 Å². The highest BCUT2D eigenvalue weighted by Gasteiger charge is 2.24. The van der Waals surface area contributed by atoms with Gasteiger partial charge >= 0.3 is 0 Å². The number of benzene rings is 1. The third kappa shape index (κ3) is 3.00. The van der Waals surface area contributed by atoms with Crippen molar-refractivity contribution in [2.45, 2.75) is 25.9 Å². The van der Waals surface area contributed by atoms with Crippen molar-refractivity contribution in [3.63, 3.8) is 0 Å². The average Bonchev–Trinajstić information content (AvgIpc) is 3.44. The van der Waals surface area contributed by atoms with Crippen LogP contribution < -0.4 is 10.2 Å². The average molecular weight is 347 g/mol. The molecule has 0 unspecified atom stereocenters. The van der Waals surface area contributed by atoms with Crippen LogP contribution in [0.3, 0.4) is 0 Å². The molecule has 1 aliphatic heterocycles. The van der Waals surface area contributed by atoms with E-state index in [2.05, 4.69) is 47.1 Å². The lowest BCUT2D eigenvalue weighted by Gasteiger charge is -2.28. The predicted octanol–water partition coefficient (Wildman–Crippen LogP) is 2.58. The zero-order valence-electron chi connectivity index (χ0n) is 14.5. The molecule has 1 fully saturated rings. The van der Waals surface area contributed by atoms with Gasteiger partial charge in [0.15, 0.2) is 11.6 Å². The van der Waals surface area contributed by atoms with E-state index in [9.17, 15) is 0 Å². The van der Waals surface area contributed by atoms with Gasteiger partial charge in [0, 0.05) is 31.3 Å². The lowest BCUT2D eigenvalue weighted by molar-refractivity contribution is 0.559. The number of fused-ring (bicyclic) bond motifs is 1. The van der Waals surface area contributed by atoms with E-state index < -0.39 is 0 Å². The Morgan fingerprint density at radius 3 is 2.77 bits per heavy atom. The predicted molar refractivity (Wildman–Crippen MR) is 99.8 cm³/mol. The number of nitrogens with one attached hydrogen (secondary N) is 1. The summed E-state index contributed by atoms with van der Waals surface area (Å²) in [5.41, 5.74) is 1.10. The maximum atomic E-state index is 4.46. The van der Waals surface area contributed by atoms with Crippen LogP contribution in [0.5, 0.6) is 0 Å². The van der Waals surface area contributed by atoms with Gasteiger partial charge < -0.3 is 14.8 Å². The van der Waals surface area contributed by atoms with Crippen LogP contribution in [0.15, 0.2) is 42.7 Å². The van der Waals surface area contributed by atoms with Crippen molar-refractivity contribution in [1.82, 2.24) is 24.7 Å². The Morgan fingerprint density at radius 2 is 1.92 bits per heavy atom. The second-order valence-electron chi connectivity index (χ2n) is 6.96. The van der Waals surface area contributed by atoms with E-state index in [4.69, 9.17) is 0 Å². The van der Waals surface area contributed by atoms with Crippen molar-refractivity contribution in [2.75, 3.05) is 23.3 Å². The molecule has 132 valence electrons. The minimum absolute atomic E-state index is 0.707. The molecule has 0 spiro atoms. The summed E-state index contributed by atoms with van der Waals surface area (Å²) in [7, 11) is 0. The van der Waals surface area contributed by atoms with Crippen molar-refractivity contribution in [3.8, 4) is 11.4 Å². The highest BCUT2D eigenvalue weighted by molar-refractivity contribution is 5.56. The van der Waals surface area contributed by atoms with E-state index >= 15 is 0 Å². The van der Waals surface area contributed by atoms with Gasteiger partial charge in [-0.2, -0.15) is 0 Å². The lowest BCUT2D eigenvalue weighted by Crippen LogP contribution is -2.34. The van der Waals surface area contributed by atoms with Gasteiger partial charge in [-0.25, -0.2) is 9.97 Å². The Hall–Kier alpha value is -2.96. The molecule has 7 heteroatoms. The first kappa shape index (κ1) is 15.3. The molecule has 0 radical (unpaired) electrons. The van der Waals surface area contributed by atoms with Crippen molar-refractivity contribution in [3.05, 3.63) is 48.5 Å². The summed E-state index contributed by atoms with van der Waals surface area (Å²) in [5, 5.41) is 12.2. The molecule has 0 bridgehead atoms. The third-order valence-electron chi connectivity index (χ3n) is 5.03. The number of nitrogens with zero attached hydrogens (tertiary/aromatic N) is 6. The van der Waals surface area contributed by atoms with E-state index in [1.807, 2.05) is 24.3 Å². The zero-order chi connectivity index (χ0) is 17.3. The number of aromatic nitrogens is 5. The van der Waals surface area contributed by atoms with E-state index in [-0.39, 0.29) is 0 Å². The highest BCUT2D eigenvalue weighted by Crippen LogP contribution is 2.29. The molecular formula is C19H21N7. The SMILES string of the molecule is c1ccc(-c2nnc3n2CCN(c2cc(NCC4CC4)ncn2)C3)cc1. The van der Waals surface area contributed by atoms with E-state index in [1.165, 1.54) is 12.8 Å². The first-order chi connectivity index (χ1) is 12.9. The van der Waals surface area contributed by atoms with Gasteiger partial charge in [0.05, 0.1) is 6.54 Å². The largest absolute Gasteiger partial charge is 0.370 e. The summed E-state index contributed by atoms with van der Waals surface area (Å²) in [6.07, 6.45) is 4.30. The lowest BCUT2D eigenvalue weighted by atomic mass is 10.2. The van der Waals surface area contributed by atoms with Crippen LogP contribution in [0.4, 0.5) is 11.6 Å². The molecule has 0 amide bonds. The van der Waals surface area contributed by atoms with Crippen LogP contribution in [0.1, 0.15) is 18.7 Å². The molecule has 0 atom stereocenters. The van der Waals surface area contributed by atoms with Crippen LogP contribution in [0, 0.1) is 5.92 Å². The van der Waals surface area contributed by atoms with E-state index in [1.54, 1.807) is 6.33 Å². The van der Waals surface area contributed by atoms with Crippen LogP contribution in [0.25, 0.3) is 11.4 Å². The van der Waals surface area contributed by atoms with Crippen LogP contribution in [-0.2, 0) is 13.1 Å². The fraction of sp³-hybridized carbons (Fsp3) is 0.368. The van der Waals surface area contributed by atoms with Gasteiger partial charge in [-0.15, -0.1) is 10.2 Å². The summed E-state index contributed by atoms with van der Waals surface area (Å²) in [4.78, 5) is 11.0. The number of anilines is 2. The maximum Gasteiger partial charge on any atom is 0.164 e. The van der Waals surface area contributed by atoms with Crippen LogP contribution >= 0.6 is 0 Å². The maximum absolute atomic E-state index is 4.46. The molecule has 5 rings (SSSR count). The summed E-state index contributed by atoms with van der Waals surface area (Å²) in [6.45, 7) is 3.44.